The predicted molar refractivity (Wildman–Crippen MR) is 104 cm³/mol. The fraction of sp³-hybridized carbons (Fsp3) is 0.211. The van der Waals surface area contributed by atoms with Gasteiger partial charge in [-0.15, -0.1) is 11.8 Å². The van der Waals surface area contributed by atoms with Crippen LogP contribution in [-0.4, -0.2) is 29.5 Å². The summed E-state index contributed by atoms with van der Waals surface area (Å²) in [4.78, 5) is 34.7. The van der Waals surface area contributed by atoms with Crippen molar-refractivity contribution in [3.8, 4) is 0 Å². The molecule has 0 aliphatic rings. The van der Waals surface area contributed by atoms with Crippen LogP contribution < -0.4 is 16.4 Å². The summed E-state index contributed by atoms with van der Waals surface area (Å²) >= 11 is 1.55. The van der Waals surface area contributed by atoms with E-state index in [2.05, 4.69) is 10.6 Å². The molecule has 0 saturated heterocycles. The Morgan fingerprint density at radius 1 is 1.04 bits per heavy atom. The first-order valence-electron chi connectivity index (χ1n) is 8.08. The van der Waals surface area contributed by atoms with Crippen molar-refractivity contribution in [1.29, 1.82) is 0 Å². The maximum Gasteiger partial charge on any atom is 0.251 e. The lowest BCUT2D eigenvalue weighted by molar-refractivity contribution is -0.117. The molecule has 2 aromatic carbocycles. The van der Waals surface area contributed by atoms with Crippen molar-refractivity contribution in [3.05, 3.63) is 65.7 Å². The second kappa shape index (κ2) is 9.62. The van der Waals surface area contributed by atoms with Crippen molar-refractivity contribution < 1.29 is 14.4 Å². The minimum Gasteiger partial charge on any atom is -0.368 e. The Bertz CT molecular complexity index is 763. The first-order chi connectivity index (χ1) is 12.5. The normalized spacial score (nSPS) is 11.4. The second-order valence-corrected chi connectivity index (χ2v) is 6.98. The third-order valence-electron chi connectivity index (χ3n) is 3.55. The van der Waals surface area contributed by atoms with Crippen LogP contribution in [0.1, 0.15) is 22.8 Å². The molecule has 0 radical (unpaired) electrons. The van der Waals surface area contributed by atoms with Crippen molar-refractivity contribution in [1.82, 2.24) is 5.32 Å². The summed E-state index contributed by atoms with van der Waals surface area (Å²) in [6.45, 7) is 1.64. The maximum absolute atomic E-state index is 12.3. The average Bonchev–Trinajstić information content (AvgIpc) is 2.65. The molecule has 0 aliphatic heterocycles. The molecule has 0 aromatic heterocycles. The van der Waals surface area contributed by atoms with E-state index in [-0.39, 0.29) is 17.7 Å². The number of hydrogen-bond acceptors (Lipinski definition) is 4. The molecular formula is C19H21N3O3S. The van der Waals surface area contributed by atoms with Gasteiger partial charge in [-0.05, 0) is 36.8 Å². The van der Waals surface area contributed by atoms with Gasteiger partial charge in [0.05, 0.1) is 11.8 Å². The molecule has 7 heteroatoms. The molecule has 2 rings (SSSR count). The highest BCUT2D eigenvalue weighted by molar-refractivity contribution is 7.99. The summed E-state index contributed by atoms with van der Waals surface area (Å²) in [6.07, 6.45) is 0. The largest absolute Gasteiger partial charge is 0.368 e. The van der Waals surface area contributed by atoms with Crippen LogP contribution in [0.15, 0.2) is 54.6 Å². The van der Waals surface area contributed by atoms with Gasteiger partial charge in [-0.3, -0.25) is 14.4 Å². The van der Waals surface area contributed by atoms with Gasteiger partial charge < -0.3 is 16.4 Å². The van der Waals surface area contributed by atoms with Gasteiger partial charge in [0, 0.05) is 17.0 Å². The number of amides is 3. The van der Waals surface area contributed by atoms with E-state index in [9.17, 15) is 14.4 Å². The number of nitrogens with one attached hydrogen (secondary N) is 2. The Morgan fingerprint density at radius 3 is 2.31 bits per heavy atom. The van der Waals surface area contributed by atoms with Gasteiger partial charge >= 0.3 is 0 Å². The number of carbonyl (C=O) groups excluding carboxylic acids is 3. The number of primary amides is 1. The topological polar surface area (TPSA) is 101 Å². The molecule has 0 heterocycles. The summed E-state index contributed by atoms with van der Waals surface area (Å²) < 4.78 is 0. The monoisotopic (exact) mass is 371 g/mol. The summed E-state index contributed by atoms with van der Waals surface area (Å²) in [5, 5.41) is 5.02. The molecule has 0 aliphatic carbocycles. The highest BCUT2D eigenvalue weighted by atomic mass is 32.2. The Labute approximate surface area is 156 Å². The Hall–Kier alpha value is -2.80. The van der Waals surface area contributed by atoms with E-state index in [0.717, 1.165) is 5.75 Å². The van der Waals surface area contributed by atoms with Crippen LogP contribution in [0.4, 0.5) is 5.69 Å². The molecule has 6 nitrogen and oxygen atoms in total. The molecule has 26 heavy (non-hydrogen) atoms. The van der Waals surface area contributed by atoms with Crippen LogP contribution in [0.2, 0.25) is 0 Å². The summed E-state index contributed by atoms with van der Waals surface area (Å²) in [7, 11) is 0. The first kappa shape index (κ1) is 19.5. The number of carbonyl (C=O) groups is 3. The number of rotatable bonds is 8. The van der Waals surface area contributed by atoms with E-state index < -0.39 is 11.8 Å². The van der Waals surface area contributed by atoms with Crippen LogP contribution in [0.25, 0.3) is 0 Å². The number of anilines is 1. The van der Waals surface area contributed by atoms with E-state index in [0.29, 0.717) is 11.3 Å². The smallest absolute Gasteiger partial charge is 0.251 e. The predicted octanol–water partition coefficient (Wildman–Crippen LogP) is 2.16. The summed E-state index contributed by atoms with van der Waals surface area (Å²) in [5.74, 6) is -0.344. The van der Waals surface area contributed by atoms with Crippen molar-refractivity contribution in [3.63, 3.8) is 0 Å². The maximum atomic E-state index is 12.3. The van der Waals surface area contributed by atoms with Gasteiger partial charge in [0.25, 0.3) is 5.91 Å². The molecule has 1 unspecified atom stereocenters. The number of benzene rings is 2. The quantitative estimate of drug-likeness (QED) is 0.662. The fourth-order valence-corrected chi connectivity index (χ4v) is 2.93. The molecule has 136 valence electrons. The van der Waals surface area contributed by atoms with Crippen molar-refractivity contribution >= 4 is 35.2 Å². The number of thioether (sulfide) groups is 1. The first-order valence-corrected chi connectivity index (χ1v) is 9.13. The van der Waals surface area contributed by atoms with Crippen molar-refractivity contribution in [2.24, 2.45) is 5.73 Å². The Kier molecular flexibility index (Phi) is 7.23. The van der Waals surface area contributed by atoms with Crippen molar-refractivity contribution in [2.45, 2.75) is 17.9 Å². The van der Waals surface area contributed by atoms with E-state index in [1.165, 1.54) is 5.56 Å². The average molecular weight is 371 g/mol. The second-order valence-electron chi connectivity index (χ2n) is 5.65. The molecule has 2 aromatic rings. The molecule has 0 saturated carbocycles. The Morgan fingerprint density at radius 2 is 1.69 bits per heavy atom. The molecule has 0 fully saturated rings. The third-order valence-corrected chi connectivity index (χ3v) is 4.76. The zero-order chi connectivity index (χ0) is 18.9. The highest BCUT2D eigenvalue weighted by Crippen LogP contribution is 2.19. The van der Waals surface area contributed by atoms with Crippen LogP contribution in [0.3, 0.4) is 0 Å². The summed E-state index contributed by atoms with van der Waals surface area (Å²) in [5.41, 5.74) is 7.14. The van der Waals surface area contributed by atoms with Crippen LogP contribution in [0, 0.1) is 0 Å². The standard InChI is InChI=1S/C19H21N3O3S/c1-13(26-12-14-5-3-2-4-6-14)18(24)22-16-9-7-15(8-10-16)19(25)21-11-17(20)23/h2-10,13H,11-12H2,1H3,(H2,20,23)(H,21,25)(H,22,24). The molecule has 0 spiro atoms. The van der Waals surface area contributed by atoms with E-state index in [4.69, 9.17) is 5.73 Å². The lowest BCUT2D eigenvalue weighted by atomic mass is 10.2. The van der Waals surface area contributed by atoms with E-state index >= 15 is 0 Å². The van der Waals surface area contributed by atoms with Crippen LogP contribution in [0.5, 0.6) is 0 Å². The molecule has 0 bridgehead atoms. The minimum absolute atomic E-state index is 0.100. The molecule has 1 atom stereocenters. The lowest BCUT2D eigenvalue weighted by Crippen LogP contribution is -2.33. The van der Waals surface area contributed by atoms with Crippen molar-refractivity contribution in [2.75, 3.05) is 11.9 Å². The summed E-state index contributed by atoms with van der Waals surface area (Å²) in [6, 6.07) is 16.4. The van der Waals surface area contributed by atoms with Gasteiger partial charge in [0.1, 0.15) is 0 Å². The number of nitrogens with two attached hydrogens (primary N) is 1. The van der Waals surface area contributed by atoms with Gasteiger partial charge in [0.15, 0.2) is 0 Å². The molecule has 4 N–H and O–H groups in total. The third kappa shape index (κ3) is 6.25. The molecular weight excluding hydrogens is 350 g/mol. The fourth-order valence-electron chi connectivity index (χ4n) is 2.09. The van der Waals surface area contributed by atoms with E-state index in [1.54, 1.807) is 36.0 Å². The van der Waals surface area contributed by atoms with Crippen LogP contribution in [-0.2, 0) is 15.3 Å². The minimum atomic E-state index is -0.607. The number of hydrogen-bond donors (Lipinski definition) is 3. The zero-order valence-corrected chi connectivity index (χ0v) is 15.2. The highest BCUT2D eigenvalue weighted by Gasteiger charge is 2.14. The van der Waals surface area contributed by atoms with Crippen LogP contribution >= 0.6 is 11.8 Å². The molecule has 3 amide bonds. The van der Waals surface area contributed by atoms with Gasteiger partial charge in [-0.25, -0.2) is 0 Å². The lowest BCUT2D eigenvalue weighted by Gasteiger charge is -2.12. The van der Waals surface area contributed by atoms with Gasteiger partial charge in [-0.2, -0.15) is 0 Å². The van der Waals surface area contributed by atoms with Gasteiger partial charge in [-0.1, -0.05) is 30.3 Å². The SMILES string of the molecule is CC(SCc1ccccc1)C(=O)Nc1ccc(C(=O)NCC(N)=O)cc1. The van der Waals surface area contributed by atoms with E-state index in [1.807, 2.05) is 37.3 Å². The Balaban J connectivity index is 1.84. The zero-order valence-electron chi connectivity index (χ0n) is 14.4. The van der Waals surface area contributed by atoms with Gasteiger partial charge in [0.2, 0.25) is 11.8 Å².